The normalized spacial score (nSPS) is 16.6. The monoisotopic (exact) mass is 328 g/mol. The Labute approximate surface area is 120 Å². The second-order valence-corrected chi connectivity index (χ2v) is 5.37. The predicted octanol–water partition coefficient (Wildman–Crippen LogP) is 2.98. The minimum atomic E-state index is -1.26. The molecule has 5 heteroatoms. The van der Waals surface area contributed by atoms with Crippen molar-refractivity contribution in [3.8, 4) is 5.75 Å². The van der Waals surface area contributed by atoms with E-state index in [4.69, 9.17) is 9.47 Å². The zero-order chi connectivity index (χ0) is 13.8. The van der Waals surface area contributed by atoms with Gasteiger partial charge in [-0.15, -0.1) is 0 Å². The Kier molecular flexibility index (Phi) is 4.82. The van der Waals surface area contributed by atoms with Crippen LogP contribution in [-0.4, -0.2) is 23.8 Å². The number of esters is 1. The third-order valence-electron chi connectivity index (χ3n) is 3.13. The molecule has 1 N–H and O–H groups in total. The molecular formula is C14H17BrO4. The van der Waals surface area contributed by atoms with Crippen LogP contribution in [-0.2, 0) is 9.53 Å². The van der Waals surface area contributed by atoms with E-state index in [9.17, 15) is 9.90 Å². The molecule has 0 aromatic heterocycles. The second kappa shape index (κ2) is 6.39. The molecule has 1 saturated carbocycles. The SMILES string of the molecule is CCOC(=O)C(O)c1ccc(OC2CCC2)c(Br)c1. The van der Waals surface area contributed by atoms with Crippen LogP contribution in [0.25, 0.3) is 0 Å². The van der Waals surface area contributed by atoms with Crippen LogP contribution in [0.15, 0.2) is 22.7 Å². The van der Waals surface area contributed by atoms with Crippen molar-refractivity contribution >= 4 is 21.9 Å². The molecule has 1 aromatic rings. The van der Waals surface area contributed by atoms with Crippen LogP contribution in [0.1, 0.15) is 37.9 Å². The Morgan fingerprint density at radius 1 is 1.53 bits per heavy atom. The molecule has 4 nitrogen and oxygen atoms in total. The van der Waals surface area contributed by atoms with Crippen molar-refractivity contribution in [3.05, 3.63) is 28.2 Å². The number of benzene rings is 1. The van der Waals surface area contributed by atoms with E-state index >= 15 is 0 Å². The van der Waals surface area contributed by atoms with Gasteiger partial charge in [-0.25, -0.2) is 4.79 Å². The first-order valence-electron chi connectivity index (χ1n) is 6.42. The van der Waals surface area contributed by atoms with Gasteiger partial charge in [0.05, 0.1) is 17.2 Å². The molecule has 0 amide bonds. The highest BCUT2D eigenvalue weighted by Crippen LogP contribution is 2.32. The zero-order valence-electron chi connectivity index (χ0n) is 10.8. The largest absolute Gasteiger partial charge is 0.489 e. The number of carbonyl (C=O) groups is 1. The fourth-order valence-electron chi connectivity index (χ4n) is 1.81. The number of hydrogen-bond donors (Lipinski definition) is 1. The summed E-state index contributed by atoms with van der Waals surface area (Å²) in [4.78, 5) is 11.5. The maximum Gasteiger partial charge on any atom is 0.339 e. The standard InChI is InChI=1S/C14H17BrO4/c1-2-18-14(17)13(16)9-6-7-12(11(15)8-9)19-10-4-3-5-10/h6-8,10,13,16H,2-5H2,1H3. The van der Waals surface area contributed by atoms with Gasteiger partial charge >= 0.3 is 5.97 Å². The molecule has 0 radical (unpaired) electrons. The summed E-state index contributed by atoms with van der Waals surface area (Å²) >= 11 is 3.40. The molecule has 0 bridgehead atoms. The van der Waals surface area contributed by atoms with Crippen molar-refractivity contribution in [2.24, 2.45) is 0 Å². The van der Waals surface area contributed by atoms with Gasteiger partial charge in [0.2, 0.25) is 0 Å². The molecule has 0 heterocycles. The van der Waals surface area contributed by atoms with Crippen molar-refractivity contribution in [1.82, 2.24) is 0 Å². The molecule has 1 atom stereocenters. The molecule has 1 unspecified atom stereocenters. The van der Waals surface area contributed by atoms with Crippen LogP contribution in [0.2, 0.25) is 0 Å². The quantitative estimate of drug-likeness (QED) is 0.844. The average molecular weight is 329 g/mol. The Balaban J connectivity index is 2.06. The van der Waals surface area contributed by atoms with Gasteiger partial charge in [-0.05, 0) is 59.8 Å². The van der Waals surface area contributed by atoms with Crippen molar-refractivity contribution in [2.45, 2.75) is 38.4 Å². The summed E-state index contributed by atoms with van der Waals surface area (Å²) in [5.74, 6) is 0.103. The van der Waals surface area contributed by atoms with E-state index < -0.39 is 12.1 Å². The third kappa shape index (κ3) is 3.48. The average Bonchev–Trinajstić information content (AvgIpc) is 2.34. The number of aliphatic hydroxyl groups is 1. The van der Waals surface area contributed by atoms with Crippen molar-refractivity contribution in [2.75, 3.05) is 6.61 Å². The Morgan fingerprint density at radius 2 is 2.26 bits per heavy atom. The Bertz CT molecular complexity index is 457. The smallest absolute Gasteiger partial charge is 0.339 e. The summed E-state index contributed by atoms with van der Waals surface area (Å²) in [7, 11) is 0. The van der Waals surface area contributed by atoms with Gasteiger partial charge in [-0.1, -0.05) is 6.07 Å². The number of ether oxygens (including phenoxy) is 2. The molecule has 0 spiro atoms. The van der Waals surface area contributed by atoms with E-state index in [0.717, 1.165) is 23.1 Å². The van der Waals surface area contributed by atoms with Gasteiger partial charge in [-0.3, -0.25) is 0 Å². The summed E-state index contributed by atoms with van der Waals surface area (Å²) in [6.45, 7) is 1.95. The van der Waals surface area contributed by atoms with Gasteiger partial charge in [0.1, 0.15) is 5.75 Å². The van der Waals surface area contributed by atoms with Crippen LogP contribution in [0.4, 0.5) is 0 Å². The highest BCUT2D eigenvalue weighted by atomic mass is 79.9. The fraction of sp³-hybridized carbons (Fsp3) is 0.500. The molecule has 104 valence electrons. The van der Waals surface area contributed by atoms with Crippen molar-refractivity contribution in [1.29, 1.82) is 0 Å². The number of hydrogen-bond acceptors (Lipinski definition) is 4. The van der Waals surface area contributed by atoms with Crippen molar-refractivity contribution < 1.29 is 19.4 Å². The van der Waals surface area contributed by atoms with Crippen LogP contribution in [0, 0.1) is 0 Å². The molecule has 0 aliphatic heterocycles. The first-order valence-corrected chi connectivity index (χ1v) is 7.22. The first-order chi connectivity index (χ1) is 9.11. The molecule has 0 saturated heterocycles. The first kappa shape index (κ1) is 14.3. The number of rotatable bonds is 5. The maximum absolute atomic E-state index is 11.5. The predicted molar refractivity (Wildman–Crippen MR) is 74.0 cm³/mol. The van der Waals surface area contributed by atoms with Gasteiger partial charge in [0, 0.05) is 0 Å². The highest BCUT2D eigenvalue weighted by molar-refractivity contribution is 9.10. The molecule has 1 aromatic carbocycles. The summed E-state index contributed by atoms with van der Waals surface area (Å²) in [6.07, 6.45) is 2.41. The lowest BCUT2D eigenvalue weighted by Gasteiger charge is -2.27. The maximum atomic E-state index is 11.5. The van der Waals surface area contributed by atoms with E-state index in [2.05, 4.69) is 15.9 Å². The van der Waals surface area contributed by atoms with E-state index in [0.29, 0.717) is 5.56 Å². The lowest BCUT2D eigenvalue weighted by atomic mass is 9.96. The molecule has 19 heavy (non-hydrogen) atoms. The van der Waals surface area contributed by atoms with Gasteiger partial charge in [0.15, 0.2) is 6.10 Å². The van der Waals surface area contributed by atoms with E-state index in [1.807, 2.05) is 0 Å². The van der Waals surface area contributed by atoms with Crippen LogP contribution >= 0.6 is 15.9 Å². The summed E-state index contributed by atoms with van der Waals surface area (Å²) < 4.78 is 11.3. The van der Waals surface area contributed by atoms with Crippen LogP contribution < -0.4 is 4.74 Å². The minimum absolute atomic E-state index is 0.250. The topological polar surface area (TPSA) is 55.8 Å². The molecule has 1 aliphatic carbocycles. The summed E-state index contributed by atoms with van der Waals surface area (Å²) in [5.41, 5.74) is 0.492. The number of carbonyl (C=O) groups excluding carboxylic acids is 1. The van der Waals surface area contributed by atoms with E-state index in [1.54, 1.807) is 25.1 Å². The zero-order valence-corrected chi connectivity index (χ0v) is 12.4. The lowest BCUT2D eigenvalue weighted by Crippen LogP contribution is -2.24. The molecule has 2 rings (SSSR count). The number of aliphatic hydroxyl groups excluding tert-OH is 1. The van der Waals surface area contributed by atoms with Crippen LogP contribution in [0.5, 0.6) is 5.75 Å². The third-order valence-corrected chi connectivity index (χ3v) is 3.75. The van der Waals surface area contributed by atoms with Gasteiger partial charge < -0.3 is 14.6 Å². The lowest BCUT2D eigenvalue weighted by molar-refractivity contribution is -0.153. The highest BCUT2D eigenvalue weighted by Gasteiger charge is 2.22. The minimum Gasteiger partial charge on any atom is -0.489 e. The molecule has 1 fully saturated rings. The van der Waals surface area contributed by atoms with Gasteiger partial charge in [-0.2, -0.15) is 0 Å². The number of halogens is 1. The molecule has 1 aliphatic rings. The summed E-state index contributed by atoms with van der Waals surface area (Å²) in [6, 6.07) is 5.14. The second-order valence-electron chi connectivity index (χ2n) is 4.52. The Morgan fingerprint density at radius 3 is 2.79 bits per heavy atom. The summed E-state index contributed by atoms with van der Waals surface area (Å²) in [5, 5.41) is 9.84. The van der Waals surface area contributed by atoms with Crippen molar-refractivity contribution in [3.63, 3.8) is 0 Å². The Hall–Kier alpha value is -1.07. The molecular weight excluding hydrogens is 312 g/mol. The van der Waals surface area contributed by atoms with Crippen LogP contribution in [0.3, 0.4) is 0 Å². The van der Waals surface area contributed by atoms with E-state index in [-0.39, 0.29) is 12.7 Å². The van der Waals surface area contributed by atoms with Gasteiger partial charge in [0.25, 0.3) is 0 Å². The fourth-order valence-corrected chi connectivity index (χ4v) is 2.30. The van der Waals surface area contributed by atoms with E-state index in [1.165, 1.54) is 6.42 Å².